The molecule has 3 unspecified atom stereocenters. The van der Waals surface area contributed by atoms with Crippen LogP contribution in [0.3, 0.4) is 0 Å². The SMILES string of the molecule is O=c1[nH]cc(Br)c(=O)n1CC1CC2CCC1C2. The first-order chi connectivity index (χ1) is 8.15. The van der Waals surface area contributed by atoms with Crippen LogP contribution in [0.2, 0.25) is 0 Å². The van der Waals surface area contributed by atoms with Crippen molar-refractivity contribution in [1.29, 1.82) is 0 Å². The van der Waals surface area contributed by atoms with Crippen molar-refractivity contribution in [3.05, 3.63) is 31.5 Å². The fourth-order valence-corrected chi connectivity index (χ4v) is 3.81. The zero-order valence-corrected chi connectivity index (χ0v) is 11.1. The molecule has 92 valence electrons. The van der Waals surface area contributed by atoms with Crippen LogP contribution in [0.4, 0.5) is 0 Å². The molecule has 5 heteroatoms. The van der Waals surface area contributed by atoms with Crippen LogP contribution in [-0.2, 0) is 6.54 Å². The molecule has 3 atom stereocenters. The highest BCUT2D eigenvalue weighted by atomic mass is 79.9. The van der Waals surface area contributed by atoms with Crippen LogP contribution in [0.15, 0.2) is 20.3 Å². The van der Waals surface area contributed by atoms with E-state index in [1.54, 1.807) is 0 Å². The number of nitrogens with zero attached hydrogens (tertiary/aromatic N) is 1. The normalized spacial score (nSPS) is 31.0. The third-order valence-corrected chi connectivity index (χ3v) is 4.89. The minimum absolute atomic E-state index is 0.212. The fraction of sp³-hybridized carbons (Fsp3) is 0.667. The number of aromatic nitrogens is 2. The molecule has 2 bridgehead atoms. The van der Waals surface area contributed by atoms with E-state index in [9.17, 15) is 9.59 Å². The Morgan fingerprint density at radius 2 is 2.18 bits per heavy atom. The van der Waals surface area contributed by atoms with Crippen molar-refractivity contribution < 1.29 is 0 Å². The second-order valence-corrected chi connectivity index (χ2v) is 6.15. The van der Waals surface area contributed by atoms with Crippen molar-refractivity contribution in [3.8, 4) is 0 Å². The van der Waals surface area contributed by atoms with Gasteiger partial charge in [0.05, 0.1) is 4.47 Å². The minimum Gasteiger partial charge on any atom is -0.313 e. The lowest BCUT2D eigenvalue weighted by Gasteiger charge is -2.21. The van der Waals surface area contributed by atoms with Gasteiger partial charge in [0.15, 0.2) is 0 Å². The molecule has 1 heterocycles. The molecule has 4 nitrogen and oxygen atoms in total. The Morgan fingerprint density at radius 1 is 1.35 bits per heavy atom. The number of rotatable bonds is 2. The summed E-state index contributed by atoms with van der Waals surface area (Å²) in [6.07, 6.45) is 6.51. The summed E-state index contributed by atoms with van der Waals surface area (Å²) in [6, 6.07) is 0. The summed E-state index contributed by atoms with van der Waals surface area (Å²) >= 11 is 3.17. The second kappa shape index (κ2) is 4.12. The van der Waals surface area contributed by atoms with E-state index in [0.29, 0.717) is 16.9 Å². The molecule has 0 saturated heterocycles. The maximum absolute atomic E-state index is 11.9. The van der Waals surface area contributed by atoms with Gasteiger partial charge in [-0.1, -0.05) is 6.42 Å². The Balaban J connectivity index is 1.89. The van der Waals surface area contributed by atoms with Crippen molar-refractivity contribution in [2.24, 2.45) is 17.8 Å². The van der Waals surface area contributed by atoms with Crippen LogP contribution in [0.1, 0.15) is 25.7 Å². The standard InChI is InChI=1S/C12H15BrN2O2/c13-10-5-14-12(17)15(11(10)16)6-9-4-7-1-2-8(9)3-7/h5,7-9H,1-4,6H2,(H,14,17). The van der Waals surface area contributed by atoms with Crippen LogP contribution in [0.5, 0.6) is 0 Å². The number of hydrogen-bond donors (Lipinski definition) is 1. The lowest BCUT2D eigenvalue weighted by atomic mass is 9.89. The molecule has 0 aromatic carbocycles. The van der Waals surface area contributed by atoms with Crippen LogP contribution < -0.4 is 11.2 Å². The lowest BCUT2D eigenvalue weighted by Crippen LogP contribution is -2.38. The second-order valence-electron chi connectivity index (χ2n) is 5.29. The zero-order valence-electron chi connectivity index (χ0n) is 9.49. The van der Waals surface area contributed by atoms with Crippen LogP contribution in [0, 0.1) is 17.8 Å². The highest BCUT2D eigenvalue weighted by Gasteiger charge is 2.39. The Labute approximate surface area is 107 Å². The zero-order chi connectivity index (χ0) is 12.0. The molecule has 0 spiro atoms. The monoisotopic (exact) mass is 298 g/mol. The van der Waals surface area contributed by atoms with E-state index in [1.807, 2.05) is 0 Å². The third-order valence-electron chi connectivity index (χ3n) is 4.32. The van der Waals surface area contributed by atoms with Gasteiger partial charge in [0, 0.05) is 12.7 Å². The summed E-state index contributed by atoms with van der Waals surface area (Å²) < 4.78 is 1.77. The average Bonchev–Trinajstić information content (AvgIpc) is 2.91. The molecule has 1 aromatic heterocycles. The predicted molar refractivity (Wildman–Crippen MR) is 68.0 cm³/mol. The highest BCUT2D eigenvalue weighted by Crippen LogP contribution is 2.48. The van der Waals surface area contributed by atoms with E-state index in [-0.39, 0.29) is 11.2 Å². The number of nitrogens with one attached hydrogen (secondary N) is 1. The molecule has 0 radical (unpaired) electrons. The number of hydrogen-bond acceptors (Lipinski definition) is 2. The molecule has 2 aliphatic rings. The third kappa shape index (κ3) is 1.90. The first kappa shape index (κ1) is 11.3. The molecule has 2 aliphatic carbocycles. The largest absolute Gasteiger partial charge is 0.328 e. The van der Waals surface area contributed by atoms with Gasteiger partial charge in [-0.15, -0.1) is 0 Å². The van der Waals surface area contributed by atoms with E-state index in [2.05, 4.69) is 20.9 Å². The van der Waals surface area contributed by atoms with Gasteiger partial charge in [0.25, 0.3) is 5.56 Å². The Hall–Kier alpha value is -0.840. The van der Waals surface area contributed by atoms with Gasteiger partial charge in [-0.2, -0.15) is 0 Å². The summed E-state index contributed by atoms with van der Waals surface area (Å²) in [5.41, 5.74) is -0.502. The Bertz CT molecular complexity index is 548. The van der Waals surface area contributed by atoms with E-state index >= 15 is 0 Å². The van der Waals surface area contributed by atoms with Gasteiger partial charge in [0.2, 0.25) is 0 Å². The van der Waals surface area contributed by atoms with Crippen molar-refractivity contribution in [3.63, 3.8) is 0 Å². The first-order valence-electron chi connectivity index (χ1n) is 6.13. The Kier molecular flexibility index (Phi) is 2.73. The number of fused-ring (bicyclic) bond motifs is 2. The molecular formula is C12H15BrN2O2. The fourth-order valence-electron chi connectivity index (χ4n) is 3.49. The van der Waals surface area contributed by atoms with E-state index in [1.165, 1.54) is 36.4 Å². The van der Waals surface area contributed by atoms with Gasteiger partial charge < -0.3 is 4.98 Å². The molecular weight excluding hydrogens is 284 g/mol. The van der Waals surface area contributed by atoms with Crippen molar-refractivity contribution in [1.82, 2.24) is 9.55 Å². The number of H-pyrrole nitrogens is 1. The lowest BCUT2D eigenvalue weighted by molar-refractivity contribution is 0.288. The van der Waals surface area contributed by atoms with Gasteiger partial charge in [-0.25, -0.2) is 4.79 Å². The number of aromatic amines is 1. The summed E-state index contributed by atoms with van der Waals surface area (Å²) in [7, 11) is 0. The summed E-state index contributed by atoms with van der Waals surface area (Å²) in [6.45, 7) is 0.578. The molecule has 1 N–H and O–H groups in total. The molecule has 0 amide bonds. The predicted octanol–water partition coefficient (Wildman–Crippen LogP) is 1.74. The van der Waals surface area contributed by atoms with E-state index in [4.69, 9.17) is 0 Å². The van der Waals surface area contributed by atoms with Crippen LogP contribution >= 0.6 is 15.9 Å². The van der Waals surface area contributed by atoms with Crippen LogP contribution in [-0.4, -0.2) is 9.55 Å². The van der Waals surface area contributed by atoms with E-state index < -0.39 is 0 Å². The summed E-state index contributed by atoms with van der Waals surface area (Å²) in [4.78, 5) is 26.1. The molecule has 17 heavy (non-hydrogen) atoms. The number of halogens is 1. The highest BCUT2D eigenvalue weighted by molar-refractivity contribution is 9.10. The maximum atomic E-state index is 11.9. The summed E-state index contributed by atoms with van der Waals surface area (Å²) in [5.74, 6) is 2.08. The van der Waals surface area contributed by atoms with Crippen LogP contribution in [0.25, 0.3) is 0 Å². The van der Waals surface area contributed by atoms with Gasteiger partial charge in [-0.05, 0) is 52.9 Å². The van der Waals surface area contributed by atoms with Gasteiger partial charge in [-0.3, -0.25) is 9.36 Å². The van der Waals surface area contributed by atoms with Crippen molar-refractivity contribution in [2.75, 3.05) is 0 Å². The van der Waals surface area contributed by atoms with Gasteiger partial charge in [0.1, 0.15) is 0 Å². The summed E-state index contributed by atoms with van der Waals surface area (Å²) in [5, 5.41) is 0. The van der Waals surface area contributed by atoms with Crippen molar-refractivity contribution in [2.45, 2.75) is 32.2 Å². The molecule has 0 aliphatic heterocycles. The van der Waals surface area contributed by atoms with E-state index in [0.717, 1.165) is 11.8 Å². The van der Waals surface area contributed by atoms with Gasteiger partial charge >= 0.3 is 5.69 Å². The van der Waals surface area contributed by atoms with Crippen molar-refractivity contribution >= 4 is 15.9 Å². The average molecular weight is 299 g/mol. The Morgan fingerprint density at radius 3 is 2.82 bits per heavy atom. The topological polar surface area (TPSA) is 54.9 Å². The minimum atomic E-state index is -0.291. The smallest absolute Gasteiger partial charge is 0.313 e. The molecule has 3 rings (SSSR count). The quantitative estimate of drug-likeness (QED) is 0.904. The first-order valence-corrected chi connectivity index (χ1v) is 6.92. The molecule has 1 aromatic rings. The molecule has 2 saturated carbocycles. The molecule has 2 fully saturated rings. The maximum Gasteiger partial charge on any atom is 0.328 e.